The molecule has 0 aromatic heterocycles. The van der Waals surface area contributed by atoms with Crippen molar-refractivity contribution in [2.24, 2.45) is 5.92 Å². The van der Waals surface area contributed by atoms with Crippen LogP contribution in [0.4, 0.5) is 0 Å². The summed E-state index contributed by atoms with van der Waals surface area (Å²) in [5.74, 6) is 0.572. The molecule has 0 aromatic carbocycles. The van der Waals surface area contributed by atoms with Gasteiger partial charge in [-0.05, 0) is 25.3 Å². The maximum absolute atomic E-state index is 3.76. The van der Waals surface area contributed by atoms with E-state index in [4.69, 9.17) is 0 Å². The second kappa shape index (κ2) is 9.31. The summed E-state index contributed by atoms with van der Waals surface area (Å²) >= 11 is 0. The van der Waals surface area contributed by atoms with Gasteiger partial charge in [0, 0.05) is 0 Å². The molecule has 0 fully saturated rings. The largest absolute Gasteiger partial charge is 0.0988 e. The molecule has 0 aliphatic rings. The average molecular weight is 180 g/mol. The van der Waals surface area contributed by atoms with Crippen LogP contribution in [0.5, 0.6) is 0 Å². The van der Waals surface area contributed by atoms with Crippen LogP contribution >= 0.6 is 0 Å². The van der Waals surface area contributed by atoms with Gasteiger partial charge in [-0.25, -0.2) is 0 Å². The first-order valence-corrected chi connectivity index (χ1v) is 5.05. The van der Waals surface area contributed by atoms with Crippen molar-refractivity contribution in [3.8, 4) is 0 Å². The van der Waals surface area contributed by atoms with Crippen molar-refractivity contribution in [1.29, 1.82) is 0 Å². The smallest absolute Gasteiger partial charge is 0.0219 e. The molecule has 0 heteroatoms. The van der Waals surface area contributed by atoms with Crippen LogP contribution in [0.3, 0.4) is 0 Å². The third-order valence-corrected chi connectivity index (χ3v) is 1.51. The normalized spacial score (nSPS) is 10.2. The van der Waals surface area contributed by atoms with E-state index in [0.717, 1.165) is 0 Å². The van der Waals surface area contributed by atoms with Gasteiger partial charge in [-0.3, -0.25) is 0 Å². The zero-order valence-corrected chi connectivity index (χ0v) is 10.0. The predicted octanol–water partition coefficient (Wildman–Crippen LogP) is 4.75. The van der Waals surface area contributed by atoms with Gasteiger partial charge in [-0.15, -0.1) is 0 Å². The second-order valence-corrected chi connectivity index (χ2v) is 3.27. The summed E-state index contributed by atoms with van der Waals surface area (Å²) in [6.45, 7) is 16.3. The molecule has 0 aromatic rings. The standard InChI is InChI=1S/C11H18.C2H6/c1-6-11(10(4)5)8-7-9(2)3;1-2/h6-8,10H,1H2,2-5H3;1-2H3/b11-8+;. The first-order chi connectivity index (χ1) is 6.07. The van der Waals surface area contributed by atoms with Crippen LogP contribution in [0, 0.1) is 5.92 Å². The summed E-state index contributed by atoms with van der Waals surface area (Å²) in [5, 5.41) is 0. The van der Waals surface area contributed by atoms with Crippen molar-refractivity contribution < 1.29 is 0 Å². The van der Waals surface area contributed by atoms with Crippen molar-refractivity contribution in [2.45, 2.75) is 41.5 Å². The van der Waals surface area contributed by atoms with Crippen LogP contribution in [-0.2, 0) is 0 Å². The Morgan fingerprint density at radius 3 is 1.77 bits per heavy atom. The van der Waals surface area contributed by atoms with Crippen LogP contribution in [0.25, 0.3) is 0 Å². The quantitative estimate of drug-likeness (QED) is 0.550. The van der Waals surface area contributed by atoms with Gasteiger partial charge in [0.25, 0.3) is 0 Å². The summed E-state index contributed by atoms with van der Waals surface area (Å²) in [6.07, 6.45) is 6.17. The van der Waals surface area contributed by atoms with Gasteiger partial charge in [0.1, 0.15) is 0 Å². The van der Waals surface area contributed by atoms with Gasteiger partial charge >= 0.3 is 0 Å². The van der Waals surface area contributed by atoms with E-state index in [1.54, 1.807) is 0 Å². The van der Waals surface area contributed by atoms with E-state index >= 15 is 0 Å². The van der Waals surface area contributed by atoms with E-state index in [0.29, 0.717) is 5.92 Å². The molecule has 0 unspecified atom stereocenters. The SMILES string of the molecule is C=C/C(=C\C=C(C)C)C(C)C.CC. The molecule has 0 heterocycles. The van der Waals surface area contributed by atoms with E-state index in [-0.39, 0.29) is 0 Å². The summed E-state index contributed by atoms with van der Waals surface area (Å²) in [7, 11) is 0. The number of hydrogen-bond donors (Lipinski definition) is 0. The predicted molar refractivity (Wildman–Crippen MR) is 63.9 cm³/mol. The summed E-state index contributed by atoms with van der Waals surface area (Å²) in [4.78, 5) is 0. The Hall–Kier alpha value is -0.780. The highest BCUT2D eigenvalue weighted by Crippen LogP contribution is 2.10. The second-order valence-electron chi connectivity index (χ2n) is 3.27. The monoisotopic (exact) mass is 180 g/mol. The first-order valence-electron chi connectivity index (χ1n) is 5.05. The summed E-state index contributed by atoms with van der Waals surface area (Å²) in [6, 6.07) is 0. The number of allylic oxidation sites excluding steroid dienone is 5. The fourth-order valence-electron chi connectivity index (χ4n) is 0.759. The Kier molecular flexibility index (Phi) is 10.5. The Morgan fingerprint density at radius 2 is 1.54 bits per heavy atom. The zero-order valence-electron chi connectivity index (χ0n) is 10.0. The Morgan fingerprint density at radius 1 is 1.08 bits per heavy atom. The van der Waals surface area contributed by atoms with E-state index in [1.807, 2.05) is 19.9 Å². The molecule has 0 spiro atoms. The number of hydrogen-bond acceptors (Lipinski definition) is 0. The van der Waals surface area contributed by atoms with Gasteiger partial charge in [-0.2, -0.15) is 0 Å². The highest BCUT2D eigenvalue weighted by Gasteiger charge is 1.94. The van der Waals surface area contributed by atoms with Crippen molar-refractivity contribution in [2.75, 3.05) is 0 Å². The third kappa shape index (κ3) is 9.13. The molecule has 0 aliphatic heterocycles. The fourth-order valence-corrected chi connectivity index (χ4v) is 0.759. The minimum atomic E-state index is 0.572. The lowest BCUT2D eigenvalue weighted by molar-refractivity contribution is 0.792. The van der Waals surface area contributed by atoms with E-state index in [1.165, 1.54) is 11.1 Å². The van der Waals surface area contributed by atoms with Gasteiger partial charge in [0.15, 0.2) is 0 Å². The minimum absolute atomic E-state index is 0.572. The van der Waals surface area contributed by atoms with E-state index in [9.17, 15) is 0 Å². The molecule has 0 bridgehead atoms. The maximum atomic E-state index is 3.76. The van der Waals surface area contributed by atoms with E-state index < -0.39 is 0 Å². The Balaban J connectivity index is 0. The lowest BCUT2D eigenvalue weighted by Gasteiger charge is -2.03. The minimum Gasteiger partial charge on any atom is -0.0988 e. The van der Waals surface area contributed by atoms with Gasteiger partial charge in [0.05, 0.1) is 0 Å². The highest BCUT2D eigenvalue weighted by molar-refractivity contribution is 5.24. The molecular weight excluding hydrogens is 156 g/mol. The topological polar surface area (TPSA) is 0 Å². The van der Waals surface area contributed by atoms with Crippen molar-refractivity contribution >= 4 is 0 Å². The Labute approximate surface area is 84.1 Å². The number of rotatable bonds is 3. The van der Waals surface area contributed by atoms with Gasteiger partial charge in [0.2, 0.25) is 0 Å². The van der Waals surface area contributed by atoms with Crippen molar-refractivity contribution in [1.82, 2.24) is 0 Å². The molecular formula is C13H24. The summed E-state index contributed by atoms with van der Waals surface area (Å²) < 4.78 is 0. The average Bonchev–Trinajstić information content (AvgIpc) is 2.08. The van der Waals surface area contributed by atoms with Crippen LogP contribution in [0.1, 0.15) is 41.5 Å². The molecule has 0 nitrogen and oxygen atoms in total. The molecule has 0 radical (unpaired) electrons. The third-order valence-electron chi connectivity index (χ3n) is 1.51. The molecule has 0 N–H and O–H groups in total. The lowest BCUT2D eigenvalue weighted by Crippen LogP contribution is -1.88. The van der Waals surface area contributed by atoms with Crippen LogP contribution < -0.4 is 0 Å². The molecule has 0 saturated carbocycles. The zero-order chi connectivity index (χ0) is 10.9. The van der Waals surface area contributed by atoms with Crippen molar-refractivity contribution in [3.05, 3.63) is 36.0 Å². The maximum Gasteiger partial charge on any atom is -0.0219 e. The van der Waals surface area contributed by atoms with E-state index in [2.05, 4.69) is 46.4 Å². The molecule has 0 amide bonds. The molecule has 0 saturated heterocycles. The molecule has 0 atom stereocenters. The van der Waals surface area contributed by atoms with Gasteiger partial charge in [-0.1, -0.05) is 58.1 Å². The van der Waals surface area contributed by atoms with Crippen LogP contribution in [0.2, 0.25) is 0 Å². The lowest BCUT2D eigenvalue weighted by atomic mass is 10.0. The highest BCUT2D eigenvalue weighted by atomic mass is 14.0. The summed E-state index contributed by atoms with van der Waals surface area (Å²) in [5.41, 5.74) is 2.62. The molecule has 13 heavy (non-hydrogen) atoms. The first kappa shape index (κ1) is 14.7. The van der Waals surface area contributed by atoms with Gasteiger partial charge < -0.3 is 0 Å². The molecule has 0 rings (SSSR count). The molecule has 76 valence electrons. The fraction of sp³-hybridized carbons (Fsp3) is 0.538. The van der Waals surface area contributed by atoms with Crippen molar-refractivity contribution in [3.63, 3.8) is 0 Å². The van der Waals surface area contributed by atoms with Crippen LogP contribution in [-0.4, -0.2) is 0 Å². The van der Waals surface area contributed by atoms with Crippen LogP contribution in [0.15, 0.2) is 36.0 Å². The molecule has 0 aliphatic carbocycles. The Bertz CT molecular complexity index is 176.